The van der Waals surface area contributed by atoms with Gasteiger partial charge in [-0.15, -0.1) is 0 Å². The number of hydrogen-bond acceptors (Lipinski definition) is 6. The lowest BCUT2D eigenvalue weighted by Crippen LogP contribution is -2.36. The molecule has 0 aliphatic carbocycles. The van der Waals surface area contributed by atoms with Crippen LogP contribution in [-0.2, 0) is 11.2 Å². The van der Waals surface area contributed by atoms with Crippen molar-refractivity contribution in [1.29, 1.82) is 0 Å². The maximum atomic E-state index is 12.5. The van der Waals surface area contributed by atoms with Crippen LogP contribution in [0.2, 0.25) is 0 Å². The van der Waals surface area contributed by atoms with Gasteiger partial charge < -0.3 is 9.64 Å². The molecule has 3 rings (SSSR count). The predicted molar refractivity (Wildman–Crippen MR) is 78.0 cm³/mol. The number of nitrogens with zero attached hydrogens (tertiary/aromatic N) is 5. The van der Waals surface area contributed by atoms with E-state index >= 15 is 0 Å². The van der Waals surface area contributed by atoms with Gasteiger partial charge in [-0.25, -0.2) is 9.97 Å². The molecule has 0 radical (unpaired) electrons. The van der Waals surface area contributed by atoms with Crippen LogP contribution in [0.5, 0.6) is 0 Å². The van der Waals surface area contributed by atoms with Crippen LogP contribution in [0.15, 0.2) is 37.3 Å². The number of ether oxygens (including phenoxy) is 1. The Hall–Kier alpha value is -2.41. The van der Waals surface area contributed by atoms with E-state index in [9.17, 15) is 4.79 Å². The second kappa shape index (κ2) is 7.04. The molecule has 0 N–H and O–H groups in total. The summed E-state index contributed by atoms with van der Waals surface area (Å²) in [4.78, 5) is 30.5. The van der Waals surface area contributed by atoms with Crippen LogP contribution in [0, 0.1) is 5.92 Å². The van der Waals surface area contributed by atoms with Gasteiger partial charge in [0.2, 0.25) is 0 Å². The van der Waals surface area contributed by atoms with Crippen molar-refractivity contribution >= 4 is 5.91 Å². The molecular weight excluding hydrogens is 282 g/mol. The summed E-state index contributed by atoms with van der Waals surface area (Å²) in [5.74, 6) is 0.142. The van der Waals surface area contributed by atoms with Crippen molar-refractivity contribution in [2.75, 3.05) is 26.3 Å². The Morgan fingerprint density at radius 2 is 2.09 bits per heavy atom. The highest BCUT2D eigenvalue weighted by Gasteiger charge is 2.24. The first-order chi connectivity index (χ1) is 10.8. The number of rotatable bonds is 3. The molecule has 7 nitrogen and oxygen atoms in total. The topological polar surface area (TPSA) is 81.1 Å². The van der Waals surface area contributed by atoms with Gasteiger partial charge in [0.1, 0.15) is 6.33 Å². The minimum absolute atomic E-state index is 0.0600. The van der Waals surface area contributed by atoms with E-state index in [1.165, 1.54) is 6.33 Å². The Labute approximate surface area is 128 Å². The van der Waals surface area contributed by atoms with Crippen LogP contribution in [0.3, 0.4) is 0 Å². The third-order valence-electron chi connectivity index (χ3n) is 3.55. The van der Waals surface area contributed by atoms with E-state index in [4.69, 9.17) is 4.74 Å². The van der Waals surface area contributed by atoms with E-state index in [2.05, 4.69) is 19.9 Å². The first-order valence-electron chi connectivity index (χ1n) is 7.20. The first-order valence-corrected chi connectivity index (χ1v) is 7.20. The highest BCUT2D eigenvalue weighted by Crippen LogP contribution is 2.14. The van der Waals surface area contributed by atoms with Crippen LogP contribution < -0.4 is 0 Å². The zero-order valence-corrected chi connectivity index (χ0v) is 12.1. The van der Waals surface area contributed by atoms with E-state index in [0.29, 0.717) is 31.9 Å². The van der Waals surface area contributed by atoms with Crippen molar-refractivity contribution in [2.24, 2.45) is 5.92 Å². The van der Waals surface area contributed by atoms with Gasteiger partial charge in [-0.3, -0.25) is 14.8 Å². The fourth-order valence-corrected chi connectivity index (χ4v) is 2.51. The van der Waals surface area contributed by atoms with Crippen molar-refractivity contribution in [1.82, 2.24) is 24.8 Å². The molecule has 1 aliphatic rings. The minimum Gasteiger partial charge on any atom is -0.379 e. The van der Waals surface area contributed by atoms with Gasteiger partial charge >= 0.3 is 0 Å². The summed E-state index contributed by atoms with van der Waals surface area (Å²) in [7, 11) is 0. The number of carbonyl (C=O) groups is 1. The van der Waals surface area contributed by atoms with Crippen molar-refractivity contribution in [2.45, 2.75) is 6.42 Å². The van der Waals surface area contributed by atoms with E-state index in [-0.39, 0.29) is 11.8 Å². The average Bonchev–Trinajstić information content (AvgIpc) is 2.81. The molecule has 7 heteroatoms. The lowest BCUT2D eigenvalue weighted by Gasteiger charge is -2.23. The SMILES string of the molecule is O=C(c1cncnc1)N1CCOCC(Cc2cnccn2)C1. The van der Waals surface area contributed by atoms with Crippen LogP contribution in [-0.4, -0.2) is 57.0 Å². The molecule has 1 saturated heterocycles. The van der Waals surface area contributed by atoms with E-state index in [1.807, 2.05) is 0 Å². The molecule has 1 amide bonds. The smallest absolute Gasteiger partial charge is 0.257 e. The van der Waals surface area contributed by atoms with Crippen LogP contribution in [0.1, 0.15) is 16.1 Å². The van der Waals surface area contributed by atoms with E-state index in [0.717, 1.165) is 12.1 Å². The molecule has 1 aliphatic heterocycles. The highest BCUT2D eigenvalue weighted by molar-refractivity contribution is 5.93. The molecule has 0 aromatic carbocycles. The predicted octanol–water partition coefficient (Wildman–Crippen LogP) is 0.598. The second-order valence-electron chi connectivity index (χ2n) is 5.22. The van der Waals surface area contributed by atoms with Gasteiger partial charge in [0.15, 0.2) is 0 Å². The monoisotopic (exact) mass is 299 g/mol. The summed E-state index contributed by atoms with van der Waals surface area (Å²) < 4.78 is 5.62. The molecule has 2 aromatic rings. The lowest BCUT2D eigenvalue weighted by molar-refractivity contribution is 0.0736. The van der Waals surface area contributed by atoms with Gasteiger partial charge in [-0.1, -0.05) is 0 Å². The van der Waals surface area contributed by atoms with Gasteiger partial charge in [-0.2, -0.15) is 0 Å². The number of carbonyl (C=O) groups excluding carboxylic acids is 1. The Balaban J connectivity index is 1.69. The van der Waals surface area contributed by atoms with Crippen molar-refractivity contribution in [3.63, 3.8) is 0 Å². The molecule has 1 fully saturated rings. The maximum absolute atomic E-state index is 12.5. The summed E-state index contributed by atoms with van der Waals surface area (Å²) in [5.41, 5.74) is 1.41. The lowest BCUT2D eigenvalue weighted by atomic mass is 10.0. The Bertz CT molecular complexity index is 608. The first kappa shape index (κ1) is 14.5. The fourth-order valence-electron chi connectivity index (χ4n) is 2.51. The Morgan fingerprint density at radius 3 is 2.86 bits per heavy atom. The normalized spacial score (nSPS) is 18.7. The molecular formula is C15H17N5O2. The fraction of sp³-hybridized carbons (Fsp3) is 0.400. The maximum Gasteiger partial charge on any atom is 0.257 e. The molecule has 22 heavy (non-hydrogen) atoms. The van der Waals surface area contributed by atoms with Gasteiger partial charge in [0.05, 0.1) is 24.5 Å². The summed E-state index contributed by atoms with van der Waals surface area (Å²) >= 11 is 0. The van der Waals surface area contributed by atoms with Crippen molar-refractivity contribution in [3.8, 4) is 0 Å². The van der Waals surface area contributed by atoms with Gasteiger partial charge in [0.25, 0.3) is 5.91 Å². The van der Waals surface area contributed by atoms with Crippen LogP contribution >= 0.6 is 0 Å². The van der Waals surface area contributed by atoms with Crippen LogP contribution in [0.25, 0.3) is 0 Å². The minimum atomic E-state index is -0.0600. The van der Waals surface area contributed by atoms with E-state index < -0.39 is 0 Å². The molecule has 0 bridgehead atoms. The van der Waals surface area contributed by atoms with Crippen molar-refractivity contribution < 1.29 is 9.53 Å². The number of aromatic nitrogens is 4. The molecule has 1 unspecified atom stereocenters. The Kier molecular flexibility index (Phi) is 4.65. The highest BCUT2D eigenvalue weighted by atomic mass is 16.5. The summed E-state index contributed by atoms with van der Waals surface area (Å²) in [5, 5.41) is 0. The van der Waals surface area contributed by atoms with Gasteiger partial charge in [0, 0.05) is 50.0 Å². The zero-order chi connectivity index (χ0) is 15.2. The molecule has 114 valence electrons. The number of hydrogen-bond donors (Lipinski definition) is 0. The molecule has 0 spiro atoms. The third kappa shape index (κ3) is 3.62. The standard InChI is InChI=1S/C15H17N5O2/c21-15(13-6-17-11-18-7-13)20-3-4-22-10-12(9-20)5-14-8-16-1-2-19-14/h1-2,6-8,11-12H,3-5,9-10H2. The summed E-state index contributed by atoms with van der Waals surface area (Å²) in [6.07, 6.45) is 10.3. The van der Waals surface area contributed by atoms with Gasteiger partial charge in [-0.05, 0) is 6.42 Å². The van der Waals surface area contributed by atoms with Crippen LogP contribution in [0.4, 0.5) is 0 Å². The quantitative estimate of drug-likeness (QED) is 0.825. The molecule has 2 aromatic heterocycles. The zero-order valence-electron chi connectivity index (χ0n) is 12.1. The largest absolute Gasteiger partial charge is 0.379 e. The van der Waals surface area contributed by atoms with Crippen molar-refractivity contribution in [3.05, 3.63) is 48.6 Å². The molecule has 0 saturated carbocycles. The summed E-state index contributed by atoms with van der Waals surface area (Å²) in [6.45, 7) is 2.36. The molecule has 3 heterocycles. The Morgan fingerprint density at radius 1 is 1.23 bits per heavy atom. The summed E-state index contributed by atoms with van der Waals surface area (Å²) in [6, 6.07) is 0. The number of amides is 1. The third-order valence-corrected chi connectivity index (χ3v) is 3.55. The molecule has 1 atom stereocenters. The van der Waals surface area contributed by atoms with E-state index in [1.54, 1.807) is 35.9 Å². The second-order valence-corrected chi connectivity index (χ2v) is 5.22. The average molecular weight is 299 g/mol.